The lowest BCUT2D eigenvalue weighted by molar-refractivity contribution is -0.138. The van der Waals surface area contributed by atoms with Crippen molar-refractivity contribution in [3.05, 3.63) is 0 Å². The van der Waals surface area contributed by atoms with Gasteiger partial charge in [0, 0.05) is 32.2 Å². The number of rotatable bonds is 6. The Balaban J connectivity index is 1.58. The first kappa shape index (κ1) is 16.7. The van der Waals surface area contributed by atoms with Gasteiger partial charge in [0.2, 0.25) is 0 Å². The van der Waals surface area contributed by atoms with Crippen molar-refractivity contribution in [3.63, 3.8) is 0 Å². The molecule has 0 aromatic heterocycles. The van der Waals surface area contributed by atoms with Crippen LogP contribution >= 0.6 is 0 Å². The molecule has 5 nitrogen and oxygen atoms in total. The second-order valence-electron chi connectivity index (χ2n) is 6.19. The highest BCUT2D eigenvalue weighted by atomic mass is 16.5. The molecule has 1 heterocycles. The van der Waals surface area contributed by atoms with E-state index in [9.17, 15) is 4.79 Å². The van der Waals surface area contributed by atoms with Crippen LogP contribution in [-0.2, 0) is 9.53 Å². The fourth-order valence-corrected chi connectivity index (χ4v) is 3.21. The third-order valence-corrected chi connectivity index (χ3v) is 4.60. The number of hydrogen-bond donors (Lipinski definition) is 2. The van der Waals surface area contributed by atoms with Crippen LogP contribution in [-0.4, -0.2) is 62.3 Å². The summed E-state index contributed by atoms with van der Waals surface area (Å²) in [4.78, 5) is 14.3. The van der Waals surface area contributed by atoms with Gasteiger partial charge in [-0.25, -0.2) is 0 Å². The van der Waals surface area contributed by atoms with Crippen molar-refractivity contribution in [1.82, 2.24) is 15.5 Å². The second kappa shape index (κ2) is 9.38. The highest BCUT2D eigenvalue weighted by Crippen LogP contribution is 2.16. The fourth-order valence-electron chi connectivity index (χ4n) is 3.21. The quantitative estimate of drug-likeness (QED) is 0.570. The Labute approximate surface area is 128 Å². The van der Waals surface area contributed by atoms with E-state index in [1.807, 2.05) is 0 Å². The molecule has 2 N–H and O–H groups in total. The number of carbonyl (C=O) groups is 1. The summed E-state index contributed by atoms with van der Waals surface area (Å²) in [7, 11) is 0. The number of hydrogen-bond acceptors (Lipinski definition) is 4. The number of amides is 1. The minimum absolute atomic E-state index is 0.0378. The van der Waals surface area contributed by atoms with Crippen molar-refractivity contribution in [2.75, 3.05) is 39.3 Å². The van der Waals surface area contributed by atoms with Gasteiger partial charge in [-0.1, -0.05) is 32.6 Å². The maximum atomic E-state index is 12.1. The van der Waals surface area contributed by atoms with Crippen LogP contribution in [0.1, 0.15) is 45.4 Å². The van der Waals surface area contributed by atoms with Gasteiger partial charge in [0.25, 0.3) is 5.91 Å². The molecule has 2 aliphatic rings. The number of likely N-dealkylation sites (N-methyl/N-ethyl adjacent to an activating group) is 1. The summed E-state index contributed by atoms with van der Waals surface area (Å²) in [5, 5.41) is 6.57. The molecular weight excluding hydrogens is 266 g/mol. The largest absolute Gasteiger partial charge is 0.366 e. The van der Waals surface area contributed by atoms with E-state index in [0.29, 0.717) is 19.2 Å². The molecule has 5 heteroatoms. The van der Waals surface area contributed by atoms with Crippen LogP contribution in [0.4, 0.5) is 0 Å². The van der Waals surface area contributed by atoms with Crippen molar-refractivity contribution in [3.8, 4) is 0 Å². The molecule has 0 aromatic rings. The average molecular weight is 297 g/mol. The highest BCUT2D eigenvalue weighted by molar-refractivity contribution is 5.81. The van der Waals surface area contributed by atoms with Gasteiger partial charge in [0.1, 0.15) is 6.10 Å². The van der Waals surface area contributed by atoms with Crippen LogP contribution in [0.25, 0.3) is 0 Å². The zero-order valence-electron chi connectivity index (χ0n) is 13.4. The Hall–Kier alpha value is -0.650. The normalized spacial score (nSPS) is 25.5. The standard InChI is InChI=1S/C16H31N3O2/c1-2-19-11-12-21-15(13-19)16(20)18-10-9-17-14-7-5-3-4-6-8-14/h14-15,17H,2-13H2,1H3,(H,18,20). The first-order valence-electron chi connectivity index (χ1n) is 8.64. The average Bonchev–Trinajstić information content (AvgIpc) is 2.80. The molecule has 1 saturated heterocycles. The van der Waals surface area contributed by atoms with E-state index >= 15 is 0 Å². The Morgan fingerprint density at radius 1 is 1.19 bits per heavy atom. The zero-order chi connectivity index (χ0) is 14.9. The van der Waals surface area contributed by atoms with Crippen molar-refractivity contribution in [2.45, 2.75) is 57.6 Å². The summed E-state index contributed by atoms with van der Waals surface area (Å²) < 4.78 is 5.56. The summed E-state index contributed by atoms with van der Waals surface area (Å²) >= 11 is 0. The SMILES string of the molecule is CCN1CCOC(C(=O)NCCNC2CCCCCC2)C1. The molecule has 0 bridgehead atoms. The molecule has 0 radical (unpaired) electrons. The summed E-state index contributed by atoms with van der Waals surface area (Å²) in [6.07, 6.45) is 7.70. The first-order valence-corrected chi connectivity index (χ1v) is 8.64. The lowest BCUT2D eigenvalue weighted by Gasteiger charge is -2.31. The maximum Gasteiger partial charge on any atom is 0.250 e. The van der Waals surface area contributed by atoms with E-state index < -0.39 is 0 Å². The molecule has 1 aliphatic carbocycles. The summed E-state index contributed by atoms with van der Waals surface area (Å²) in [6, 6.07) is 0.644. The number of nitrogens with zero attached hydrogens (tertiary/aromatic N) is 1. The molecule has 1 atom stereocenters. The van der Waals surface area contributed by atoms with E-state index in [2.05, 4.69) is 22.5 Å². The van der Waals surface area contributed by atoms with Crippen LogP contribution < -0.4 is 10.6 Å². The van der Waals surface area contributed by atoms with Gasteiger partial charge in [0.05, 0.1) is 6.61 Å². The molecular formula is C16H31N3O2. The molecule has 0 aromatic carbocycles. The van der Waals surface area contributed by atoms with E-state index in [0.717, 1.165) is 26.2 Å². The Morgan fingerprint density at radius 2 is 1.95 bits per heavy atom. The maximum absolute atomic E-state index is 12.1. The van der Waals surface area contributed by atoms with Gasteiger partial charge < -0.3 is 15.4 Å². The fraction of sp³-hybridized carbons (Fsp3) is 0.938. The Kier molecular flexibility index (Phi) is 7.47. The number of morpholine rings is 1. The summed E-state index contributed by atoms with van der Waals surface area (Å²) in [6.45, 7) is 6.98. The molecule has 0 spiro atoms. The van der Waals surface area contributed by atoms with Crippen molar-refractivity contribution >= 4 is 5.91 Å². The van der Waals surface area contributed by atoms with Gasteiger partial charge in [-0.05, 0) is 19.4 Å². The molecule has 1 unspecified atom stereocenters. The van der Waals surface area contributed by atoms with Crippen molar-refractivity contribution in [1.29, 1.82) is 0 Å². The van der Waals surface area contributed by atoms with Gasteiger partial charge in [-0.3, -0.25) is 9.69 Å². The predicted octanol–water partition coefficient (Wildman–Crippen LogP) is 1.14. The predicted molar refractivity (Wildman–Crippen MR) is 84.4 cm³/mol. The first-order chi connectivity index (χ1) is 10.3. The number of ether oxygens (including phenoxy) is 1. The zero-order valence-corrected chi connectivity index (χ0v) is 13.4. The van der Waals surface area contributed by atoms with E-state index in [1.54, 1.807) is 0 Å². The van der Waals surface area contributed by atoms with Crippen molar-refractivity contribution in [2.24, 2.45) is 0 Å². The van der Waals surface area contributed by atoms with Gasteiger partial charge in [0.15, 0.2) is 0 Å². The van der Waals surface area contributed by atoms with Crippen LogP contribution in [0, 0.1) is 0 Å². The number of nitrogens with one attached hydrogen (secondary N) is 2. The highest BCUT2D eigenvalue weighted by Gasteiger charge is 2.25. The topological polar surface area (TPSA) is 53.6 Å². The van der Waals surface area contributed by atoms with Gasteiger partial charge in [-0.15, -0.1) is 0 Å². The smallest absolute Gasteiger partial charge is 0.250 e. The van der Waals surface area contributed by atoms with E-state index in [1.165, 1.54) is 38.5 Å². The molecule has 1 aliphatic heterocycles. The van der Waals surface area contributed by atoms with Crippen molar-refractivity contribution < 1.29 is 9.53 Å². The van der Waals surface area contributed by atoms with Gasteiger partial charge >= 0.3 is 0 Å². The minimum atomic E-state index is -0.295. The molecule has 21 heavy (non-hydrogen) atoms. The van der Waals surface area contributed by atoms with Crippen LogP contribution in [0.5, 0.6) is 0 Å². The molecule has 2 fully saturated rings. The lowest BCUT2D eigenvalue weighted by atomic mass is 10.1. The lowest BCUT2D eigenvalue weighted by Crippen LogP contribution is -2.50. The second-order valence-corrected chi connectivity index (χ2v) is 6.19. The third-order valence-electron chi connectivity index (χ3n) is 4.60. The minimum Gasteiger partial charge on any atom is -0.366 e. The molecule has 122 valence electrons. The molecule has 1 amide bonds. The monoisotopic (exact) mass is 297 g/mol. The molecule has 1 saturated carbocycles. The van der Waals surface area contributed by atoms with E-state index in [-0.39, 0.29) is 12.0 Å². The number of carbonyl (C=O) groups excluding carboxylic acids is 1. The summed E-state index contributed by atoms with van der Waals surface area (Å²) in [5.74, 6) is 0.0378. The van der Waals surface area contributed by atoms with Crippen LogP contribution in [0.3, 0.4) is 0 Å². The van der Waals surface area contributed by atoms with Crippen LogP contribution in [0.2, 0.25) is 0 Å². The Bertz CT molecular complexity index is 304. The third kappa shape index (κ3) is 5.93. The van der Waals surface area contributed by atoms with Gasteiger partial charge in [-0.2, -0.15) is 0 Å². The molecule has 2 rings (SSSR count). The Morgan fingerprint density at radius 3 is 2.67 bits per heavy atom. The van der Waals surface area contributed by atoms with Crippen LogP contribution in [0.15, 0.2) is 0 Å². The summed E-state index contributed by atoms with van der Waals surface area (Å²) in [5.41, 5.74) is 0. The van der Waals surface area contributed by atoms with E-state index in [4.69, 9.17) is 4.74 Å².